The van der Waals surface area contributed by atoms with E-state index in [-0.39, 0.29) is 5.88 Å². The molecule has 3 aromatic rings. The van der Waals surface area contributed by atoms with E-state index >= 15 is 0 Å². The standard InChI is InChI=1S/C18H16Cl2N4O/c1-10-3-5-13(7-11(10)2)25-18-16(21)17(22-9-23-18)24-12-4-6-14(19)15(20)8-12/h3-9H,21H2,1-2H3,(H,22,23,24). The minimum Gasteiger partial charge on any atom is -0.437 e. The number of halogens is 2. The highest BCUT2D eigenvalue weighted by atomic mass is 35.5. The van der Waals surface area contributed by atoms with Gasteiger partial charge >= 0.3 is 0 Å². The van der Waals surface area contributed by atoms with E-state index in [2.05, 4.69) is 15.3 Å². The molecule has 0 saturated carbocycles. The van der Waals surface area contributed by atoms with Crippen molar-refractivity contribution in [1.29, 1.82) is 0 Å². The second-order valence-electron chi connectivity index (χ2n) is 5.54. The van der Waals surface area contributed by atoms with E-state index in [0.29, 0.717) is 33.0 Å². The summed E-state index contributed by atoms with van der Waals surface area (Å²) in [5.74, 6) is 1.36. The molecule has 2 aromatic carbocycles. The molecule has 128 valence electrons. The number of nitrogens with zero attached hydrogens (tertiary/aromatic N) is 2. The van der Waals surface area contributed by atoms with Crippen molar-refractivity contribution < 1.29 is 4.74 Å². The lowest BCUT2D eigenvalue weighted by Gasteiger charge is -2.13. The minimum atomic E-state index is 0.279. The van der Waals surface area contributed by atoms with E-state index in [4.69, 9.17) is 33.7 Å². The van der Waals surface area contributed by atoms with Crippen LogP contribution in [0.3, 0.4) is 0 Å². The van der Waals surface area contributed by atoms with Crippen molar-refractivity contribution >= 4 is 40.4 Å². The van der Waals surface area contributed by atoms with Crippen LogP contribution in [0.4, 0.5) is 17.2 Å². The number of nitrogen functional groups attached to an aromatic ring is 1. The van der Waals surface area contributed by atoms with Crippen molar-refractivity contribution in [1.82, 2.24) is 9.97 Å². The van der Waals surface area contributed by atoms with E-state index in [0.717, 1.165) is 5.56 Å². The van der Waals surface area contributed by atoms with Crippen LogP contribution in [0.25, 0.3) is 0 Å². The number of benzene rings is 2. The Kier molecular flexibility index (Phi) is 4.97. The molecule has 0 amide bonds. The molecular formula is C18H16Cl2N4O. The maximum absolute atomic E-state index is 6.14. The molecular weight excluding hydrogens is 359 g/mol. The predicted molar refractivity (Wildman–Crippen MR) is 102 cm³/mol. The molecule has 0 unspecified atom stereocenters. The Labute approximate surface area is 155 Å². The highest BCUT2D eigenvalue weighted by Crippen LogP contribution is 2.33. The van der Waals surface area contributed by atoms with Gasteiger partial charge in [-0.1, -0.05) is 29.3 Å². The molecule has 3 N–H and O–H groups in total. The summed E-state index contributed by atoms with van der Waals surface area (Å²) >= 11 is 11.9. The van der Waals surface area contributed by atoms with Crippen LogP contribution in [0.15, 0.2) is 42.7 Å². The number of ether oxygens (including phenoxy) is 1. The number of nitrogens with one attached hydrogen (secondary N) is 1. The molecule has 1 heterocycles. The quantitative estimate of drug-likeness (QED) is 0.628. The van der Waals surface area contributed by atoms with Gasteiger partial charge in [0, 0.05) is 5.69 Å². The molecule has 5 nitrogen and oxygen atoms in total. The van der Waals surface area contributed by atoms with Gasteiger partial charge in [0.1, 0.15) is 17.8 Å². The van der Waals surface area contributed by atoms with Gasteiger partial charge in [0.15, 0.2) is 5.82 Å². The van der Waals surface area contributed by atoms with Gasteiger partial charge in [-0.3, -0.25) is 0 Å². The molecule has 0 spiro atoms. The summed E-state index contributed by atoms with van der Waals surface area (Å²) in [5, 5.41) is 4.00. The Morgan fingerprint density at radius 1 is 0.960 bits per heavy atom. The van der Waals surface area contributed by atoms with Crippen molar-refractivity contribution in [2.45, 2.75) is 13.8 Å². The van der Waals surface area contributed by atoms with Gasteiger partial charge in [0.25, 0.3) is 0 Å². The number of rotatable bonds is 4. The van der Waals surface area contributed by atoms with Crippen LogP contribution >= 0.6 is 23.2 Å². The fraction of sp³-hybridized carbons (Fsp3) is 0.111. The summed E-state index contributed by atoms with van der Waals surface area (Å²) in [7, 11) is 0. The first-order valence-corrected chi connectivity index (χ1v) is 8.27. The number of hydrogen-bond acceptors (Lipinski definition) is 5. The van der Waals surface area contributed by atoms with E-state index in [1.165, 1.54) is 11.9 Å². The average Bonchev–Trinajstić information content (AvgIpc) is 2.58. The Balaban J connectivity index is 1.86. The Hall–Kier alpha value is -2.50. The third-order valence-electron chi connectivity index (χ3n) is 3.72. The van der Waals surface area contributed by atoms with Gasteiger partial charge in [-0.25, -0.2) is 4.98 Å². The van der Waals surface area contributed by atoms with Crippen LogP contribution in [0.5, 0.6) is 11.6 Å². The molecule has 0 fully saturated rings. The molecule has 0 atom stereocenters. The Bertz CT molecular complexity index is 859. The lowest BCUT2D eigenvalue weighted by atomic mass is 10.1. The second kappa shape index (κ2) is 7.17. The average molecular weight is 375 g/mol. The minimum absolute atomic E-state index is 0.279. The number of hydrogen-bond donors (Lipinski definition) is 2. The highest BCUT2D eigenvalue weighted by molar-refractivity contribution is 6.42. The van der Waals surface area contributed by atoms with Gasteiger partial charge < -0.3 is 15.8 Å². The van der Waals surface area contributed by atoms with Gasteiger partial charge in [-0.15, -0.1) is 0 Å². The van der Waals surface area contributed by atoms with Crippen molar-refractivity contribution in [3.63, 3.8) is 0 Å². The topological polar surface area (TPSA) is 73.1 Å². The lowest BCUT2D eigenvalue weighted by Crippen LogP contribution is -2.03. The number of aromatic nitrogens is 2. The summed E-state index contributed by atoms with van der Waals surface area (Å²) < 4.78 is 5.80. The van der Waals surface area contributed by atoms with Crippen LogP contribution in [0.1, 0.15) is 11.1 Å². The van der Waals surface area contributed by atoms with Crippen molar-refractivity contribution in [3.8, 4) is 11.6 Å². The van der Waals surface area contributed by atoms with Gasteiger partial charge in [-0.2, -0.15) is 4.98 Å². The maximum Gasteiger partial charge on any atom is 0.248 e. The summed E-state index contributed by atoms with van der Waals surface area (Å²) in [6.45, 7) is 4.06. The van der Waals surface area contributed by atoms with Crippen molar-refractivity contribution in [3.05, 3.63) is 63.9 Å². The van der Waals surface area contributed by atoms with Crippen molar-refractivity contribution in [2.24, 2.45) is 0 Å². The predicted octanol–water partition coefficient (Wildman–Crippen LogP) is 5.52. The largest absolute Gasteiger partial charge is 0.437 e. The number of aryl methyl sites for hydroxylation is 2. The van der Waals surface area contributed by atoms with Gasteiger partial charge in [0.2, 0.25) is 5.88 Å². The van der Waals surface area contributed by atoms with Crippen LogP contribution in [0, 0.1) is 13.8 Å². The molecule has 0 radical (unpaired) electrons. The second-order valence-corrected chi connectivity index (χ2v) is 6.36. The van der Waals surface area contributed by atoms with E-state index in [1.807, 2.05) is 32.0 Å². The summed E-state index contributed by atoms with van der Waals surface area (Å²) in [6.07, 6.45) is 1.38. The Morgan fingerprint density at radius 2 is 1.76 bits per heavy atom. The molecule has 25 heavy (non-hydrogen) atoms. The normalized spacial score (nSPS) is 10.6. The smallest absolute Gasteiger partial charge is 0.248 e. The summed E-state index contributed by atoms with van der Waals surface area (Å²) in [4.78, 5) is 8.27. The molecule has 0 saturated heterocycles. The molecule has 0 aliphatic carbocycles. The van der Waals surface area contributed by atoms with Crippen LogP contribution < -0.4 is 15.8 Å². The summed E-state index contributed by atoms with van der Waals surface area (Å²) in [6, 6.07) is 10.9. The maximum atomic E-state index is 6.14. The van der Waals surface area contributed by atoms with E-state index in [1.54, 1.807) is 18.2 Å². The van der Waals surface area contributed by atoms with E-state index in [9.17, 15) is 0 Å². The van der Waals surface area contributed by atoms with Crippen LogP contribution in [-0.4, -0.2) is 9.97 Å². The zero-order valence-electron chi connectivity index (χ0n) is 13.7. The Morgan fingerprint density at radius 3 is 2.48 bits per heavy atom. The molecule has 3 rings (SSSR count). The van der Waals surface area contributed by atoms with Crippen LogP contribution in [0.2, 0.25) is 10.0 Å². The third kappa shape index (κ3) is 3.95. The molecule has 7 heteroatoms. The lowest BCUT2D eigenvalue weighted by molar-refractivity contribution is 0.464. The van der Waals surface area contributed by atoms with Gasteiger partial charge in [0.05, 0.1) is 10.0 Å². The van der Waals surface area contributed by atoms with Gasteiger partial charge in [-0.05, 0) is 55.3 Å². The van der Waals surface area contributed by atoms with E-state index < -0.39 is 0 Å². The van der Waals surface area contributed by atoms with Crippen molar-refractivity contribution in [2.75, 3.05) is 11.1 Å². The monoisotopic (exact) mass is 374 g/mol. The number of nitrogens with two attached hydrogens (primary N) is 1. The molecule has 0 aliphatic rings. The molecule has 1 aromatic heterocycles. The fourth-order valence-electron chi connectivity index (χ4n) is 2.16. The summed E-state index contributed by atoms with van der Waals surface area (Å²) in [5.41, 5.74) is 9.46. The van der Waals surface area contributed by atoms with Crippen LogP contribution in [-0.2, 0) is 0 Å². The zero-order valence-corrected chi connectivity index (χ0v) is 15.2. The zero-order chi connectivity index (χ0) is 18.0. The molecule has 0 bridgehead atoms. The first kappa shape index (κ1) is 17.3. The fourth-order valence-corrected chi connectivity index (χ4v) is 2.46. The SMILES string of the molecule is Cc1ccc(Oc2ncnc(Nc3ccc(Cl)c(Cl)c3)c2N)cc1C. The number of anilines is 3. The first-order valence-electron chi connectivity index (χ1n) is 7.51. The third-order valence-corrected chi connectivity index (χ3v) is 4.46. The molecule has 0 aliphatic heterocycles. The first-order chi connectivity index (χ1) is 11.9. The highest BCUT2D eigenvalue weighted by Gasteiger charge is 2.11.